The molecule has 0 amide bonds. The molecule has 0 aliphatic carbocycles. The number of ether oxygens (including phenoxy) is 3. The average Bonchev–Trinajstić information content (AvgIpc) is 3.64. The Balaban J connectivity index is 1.24. The summed E-state index contributed by atoms with van der Waals surface area (Å²) in [6.45, 7) is 1.40. The van der Waals surface area contributed by atoms with E-state index < -0.39 is 11.8 Å². The lowest BCUT2D eigenvalue weighted by Gasteiger charge is -2.15. The standard InChI is InChI=1S/C33H28Cl2FN3O4/c1-41-33(40)21-9-12-29-30(16-21)39(18-24-4-3-13-42-24)31(37-29)15-20-7-11-25(26(35)14-20)28-5-2-6-32(38-28)43-19-22-8-10-23(34)17-27(22)36/h2,5-12,14,16-17,24H,3-4,13,15,18-19H2,1H3. The summed E-state index contributed by atoms with van der Waals surface area (Å²) in [5.74, 6) is 0.367. The molecular weight excluding hydrogens is 592 g/mol. The number of rotatable bonds is 9. The van der Waals surface area contributed by atoms with Crippen molar-refractivity contribution in [3.05, 3.63) is 111 Å². The molecule has 1 fully saturated rings. The van der Waals surface area contributed by atoms with Gasteiger partial charge in [0.1, 0.15) is 18.2 Å². The Kier molecular flexibility index (Phi) is 8.61. The molecule has 0 saturated carbocycles. The van der Waals surface area contributed by atoms with E-state index >= 15 is 0 Å². The van der Waals surface area contributed by atoms with Gasteiger partial charge in [0.25, 0.3) is 0 Å². The lowest BCUT2D eigenvalue weighted by molar-refractivity contribution is 0.0601. The Labute approximate surface area is 258 Å². The molecule has 1 saturated heterocycles. The van der Waals surface area contributed by atoms with Gasteiger partial charge in [-0.25, -0.2) is 19.2 Å². The molecular formula is C33H28Cl2FN3O4. The zero-order valence-corrected chi connectivity index (χ0v) is 24.9. The van der Waals surface area contributed by atoms with Gasteiger partial charge in [0, 0.05) is 35.2 Å². The van der Waals surface area contributed by atoms with E-state index in [-0.39, 0.29) is 12.7 Å². The van der Waals surface area contributed by atoms with Crippen LogP contribution >= 0.6 is 23.2 Å². The summed E-state index contributed by atoms with van der Waals surface area (Å²) >= 11 is 12.6. The van der Waals surface area contributed by atoms with Gasteiger partial charge in [-0.2, -0.15) is 0 Å². The van der Waals surface area contributed by atoms with Crippen molar-refractivity contribution >= 4 is 40.2 Å². The van der Waals surface area contributed by atoms with Crippen LogP contribution in [0.2, 0.25) is 10.0 Å². The number of nitrogens with zero attached hydrogens (tertiary/aromatic N) is 3. The summed E-state index contributed by atoms with van der Waals surface area (Å²) in [6, 6.07) is 21.0. The molecule has 2 aromatic heterocycles. The van der Waals surface area contributed by atoms with E-state index in [1.807, 2.05) is 42.5 Å². The van der Waals surface area contributed by atoms with Gasteiger partial charge in [-0.3, -0.25) is 0 Å². The predicted molar refractivity (Wildman–Crippen MR) is 163 cm³/mol. The zero-order chi connectivity index (χ0) is 29.9. The molecule has 5 aromatic rings. The summed E-state index contributed by atoms with van der Waals surface area (Å²) in [4.78, 5) is 21.7. The highest BCUT2D eigenvalue weighted by Crippen LogP contribution is 2.31. The maximum atomic E-state index is 14.2. The lowest BCUT2D eigenvalue weighted by atomic mass is 10.1. The molecule has 10 heteroatoms. The zero-order valence-electron chi connectivity index (χ0n) is 23.4. The number of pyridine rings is 1. The molecule has 0 spiro atoms. The van der Waals surface area contributed by atoms with Gasteiger partial charge >= 0.3 is 5.97 Å². The summed E-state index contributed by atoms with van der Waals surface area (Å²) in [6.07, 6.45) is 2.61. The minimum absolute atomic E-state index is 0.0140. The van der Waals surface area contributed by atoms with E-state index in [4.69, 9.17) is 42.4 Å². The number of carbonyl (C=O) groups is 1. The van der Waals surface area contributed by atoms with Crippen LogP contribution in [0, 0.1) is 5.82 Å². The van der Waals surface area contributed by atoms with E-state index in [1.54, 1.807) is 24.3 Å². The van der Waals surface area contributed by atoms with Crippen LogP contribution in [0.3, 0.4) is 0 Å². The van der Waals surface area contributed by atoms with Gasteiger partial charge in [0.05, 0.1) is 47.1 Å². The second-order valence-electron chi connectivity index (χ2n) is 10.3. The van der Waals surface area contributed by atoms with Gasteiger partial charge in [-0.15, -0.1) is 0 Å². The minimum Gasteiger partial charge on any atom is -0.473 e. The molecule has 1 aliphatic heterocycles. The van der Waals surface area contributed by atoms with Gasteiger partial charge in [-0.1, -0.05) is 47.5 Å². The fraction of sp³-hybridized carbons (Fsp3) is 0.242. The van der Waals surface area contributed by atoms with Crippen LogP contribution in [-0.2, 0) is 29.0 Å². The van der Waals surface area contributed by atoms with Gasteiger partial charge in [0.15, 0.2) is 0 Å². The number of hydrogen-bond acceptors (Lipinski definition) is 6. The predicted octanol–water partition coefficient (Wildman–Crippen LogP) is 7.68. The van der Waals surface area contributed by atoms with Crippen molar-refractivity contribution in [2.75, 3.05) is 13.7 Å². The number of aromatic nitrogens is 3. The SMILES string of the molecule is COC(=O)c1ccc2nc(Cc3ccc(-c4cccc(OCc5ccc(Cl)cc5F)n4)c(Cl)c3)n(CC3CCCO3)c2c1. The minimum atomic E-state index is -0.435. The van der Waals surface area contributed by atoms with Crippen molar-refractivity contribution in [3.63, 3.8) is 0 Å². The maximum Gasteiger partial charge on any atom is 0.337 e. The van der Waals surface area contributed by atoms with Crippen molar-refractivity contribution in [2.24, 2.45) is 0 Å². The first kappa shape index (κ1) is 29.1. The Hall–Kier alpha value is -3.98. The van der Waals surface area contributed by atoms with Gasteiger partial charge in [-0.05, 0) is 60.9 Å². The summed E-state index contributed by atoms with van der Waals surface area (Å²) in [5.41, 5.74) is 4.84. The first-order valence-electron chi connectivity index (χ1n) is 13.9. The Morgan fingerprint density at radius 3 is 2.72 bits per heavy atom. The normalized spacial score (nSPS) is 14.7. The highest BCUT2D eigenvalue weighted by Gasteiger charge is 2.21. The molecule has 3 aromatic carbocycles. The monoisotopic (exact) mass is 619 g/mol. The topological polar surface area (TPSA) is 75.5 Å². The molecule has 0 N–H and O–H groups in total. The maximum absolute atomic E-state index is 14.2. The van der Waals surface area contributed by atoms with Crippen molar-refractivity contribution in [1.82, 2.24) is 14.5 Å². The van der Waals surface area contributed by atoms with Crippen LogP contribution in [0.25, 0.3) is 22.3 Å². The van der Waals surface area contributed by atoms with Gasteiger partial charge < -0.3 is 18.8 Å². The van der Waals surface area contributed by atoms with Crippen LogP contribution in [-0.4, -0.2) is 40.3 Å². The Bertz CT molecular complexity index is 1800. The first-order chi connectivity index (χ1) is 20.9. The summed E-state index contributed by atoms with van der Waals surface area (Å²) in [7, 11) is 1.37. The van der Waals surface area contributed by atoms with Crippen LogP contribution in [0.5, 0.6) is 5.88 Å². The third kappa shape index (κ3) is 6.51. The number of hydrogen-bond donors (Lipinski definition) is 0. The van der Waals surface area contributed by atoms with E-state index in [0.717, 1.165) is 47.4 Å². The average molecular weight is 621 g/mol. The molecule has 1 atom stereocenters. The van der Waals surface area contributed by atoms with Crippen LogP contribution in [0.15, 0.2) is 72.8 Å². The number of esters is 1. The molecule has 1 unspecified atom stereocenters. The first-order valence-corrected chi connectivity index (χ1v) is 14.6. The summed E-state index contributed by atoms with van der Waals surface area (Å²) in [5, 5.41) is 0.855. The number of carbonyl (C=O) groups excluding carboxylic acids is 1. The van der Waals surface area contributed by atoms with Crippen LogP contribution < -0.4 is 4.74 Å². The van der Waals surface area contributed by atoms with Crippen LogP contribution in [0.4, 0.5) is 4.39 Å². The molecule has 6 rings (SSSR count). The third-order valence-corrected chi connectivity index (χ3v) is 7.99. The number of benzene rings is 3. The highest BCUT2D eigenvalue weighted by atomic mass is 35.5. The fourth-order valence-corrected chi connectivity index (χ4v) is 5.70. The molecule has 0 radical (unpaired) electrons. The fourth-order valence-electron chi connectivity index (χ4n) is 5.24. The smallest absolute Gasteiger partial charge is 0.337 e. The molecule has 43 heavy (non-hydrogen) atoms. The van der Waals surface area contributed by atoms with Crippen LogP contribution in [0.1, 0.15) is 40.2 Å². The second-order valence-corrected chi connectivity index (χ2v) is 11.2. The van der Waals surface area contributed by atoms with E-state index in [9.17, 15) is 9.18 Å². The van der Waals surface area contributed by atoms with Crippen molar-refractivity contribution in [3.8, 4) is 17.1 Å². The molecule has 220 valence electrons. The Morgan fingerprint density at radius 1 is 1.07 bits per heavy atom. The third-order valence-electron chi connectivity index (χ3n) is 7.44. The number of methoxy groups -OCH3 is 1. The summed E-state index contributed by atoms with van der Waals surface area (Å²) < 4.78 is 32.9. The molecule has 3 heterocycles. The molecule has 1 aliphatic rings. The lowest BCUT2D eigenvalue weighted by Crippen LogP contribution is -2.17. The van der Waals surface area contributed by atoms with Crippen molar-refractivity contribution in [2.45, 2.75) is 38.5 Å². The Morgan fingerprint density at radius 2 is 1.95 bits per heavy atom. The van der Waals surface area contributed by atoms with E-state index in [0.29, 0.717) is 45.7 Å². The molecule has 0 bridgehead atoms. The largest absolute Gasteiger partial charge is 0.473 e. The number of halogens is 3. The second kappa shape index (κ2) is 12.7. The van der Waals surface area contributed by atoms with E-state index in [1.165, 1.54) is 13.2 Å². The van der Waals surface area contributed by atoms with Gasteiger partial charge in [0.2, 0.25) is 5.88 Å². The van der Waals surface area contributed by atoms with Crippen molar-refractivity contribution in [1.29, 1.82) is 0 Å². The van der Waals surface area contributed by atoms with E-state index in [2.05, 4.69) is 9.55 Å². The quantitative estimate of drug-likeness (QED) is 0.158. The number of fused-ring (bicyclic) bond motifs is 1. The molecule has 7 nitrogen and oxygen atoms in total. The van der Waals surface area contributed by atoms with Crippen molar-refractivity contribution < 1.29 is 23.4 Å². The highest BCUT2D eigenvalue weighted by molar-refractivity contribution is 6.33. The number of imidazole rings is 1.